The van der Waals surface area contributed by atoms with Gasteiger partial charge in [0, 0.05) is 13.5 Å². The third kappa shape index (κ3) is 2.28. The number of nitrogens with one attached hydrogen (secondary N) is 1. The minimum Gasteiger partial charge on any atom is -0.467 e. The minimum absolute atomic E-state index is 0.226. The van der Waals surface area contributed by atoms with Gasteiger partial charge in [-0.25, -0.2) is 9.97 Å². The van der Waals surface area contributed by atoms with Crippen molar-refractivity contribution in [1.29, 1.82) is 0 Å². The Hall–Kier alpha value is -1.97. The van der Waals surface area contributed by atoms with Crippen LogP contribution >= 0.6 is 0 Å². The second-order valence-corrected chi connectivity index (χ2v) is 4.74. The van der Waals surface area contributed by atoms with Crippen molar-refractivity contribution in [2.24, 2.45) is 0 Å². The number of fused-ring (bicyclic) bond motifs is 1. The molecule has 3 heterocycles. The minimum atomic E-state index is -0.731. The monoisotopic (exact) mass is 295 g/mol. The van der Waals surface area contributed by atoms with E-state index in [4.69, 9.17) is 9.47 Å². The Morgan fingerprint density at radius 3 is 2.95 bits per heavy atom. The maximum Gasteiger partial charge on any atom is 0.318 e. The van der Waals surface area contributed by atoms with Crippen molar-refractivity contribution in [2.75, 3.05) is 26.1 Å². The number of nitrogens with zero attached hydrogens (tertiary/aromatic N) is 4. The van der Waals surface area contributed by atoms with Crippen LogP contribution in [0, 0.1) is 0 Å². The van der Waals surface area contributed by atoms with E-state index in [9.17, 15) is 10.2 Å². The molecular formula is C12H17N5O4. The fourth-order valence-corrected chi connectivity index (χ4v) is 2.46. The SMILES string of the molecule is CNc1nc2cnc(OC)nc2n1[C@@H]1C[C@@H](O)[C@H](CO)O1. The highest BCUT2D eigenvalue weighted by Crippen LogP contribution is 2.33. The van der Waals surface area contributed by atoms with Crippen LogP contribution in [0.25, 0.3) is 11.2 Å². The molecule has 9 nitrogen and oxygen atoms in total. The van der Waals surface area contributed by atoms with Gasteiger partial charge in [-0.05, 0) is 0 Å². The Kier molecular flexibility index (Phi) is 3.62. The summed E-state index contributed by atoms with van der Waals surface area (Å²) in [6.07, 6.45) is 0.0986. The van der Waals surface area contributed by atoms with Crippen molar-refractivity contribution in [3.05, 3.63) is 6.20 Å². The van der Waals surface area contributed by atoms with Crippen LogP contribution in [0.1, 0.15) is 12.6 Å². The molecule has 21 heavy (non-hydrogen) atoms. The van der Waals surface area contributed by atoms with Crippen LogP contribution in [0.3, 0.4) is 0 Å². The lowest BCUT2D eigenvalue weighted by Crippen LogP contribution is -2.24. The fourth-order valence-electron chi connectivity index (χ4n) is 2.46. The fraction of sp³-hybridized carbons (Fsp3) is 0.583. The summed E-state index contributed by atoms with van der Waals surface area (Å²) in [5, 5.41) is 22.1. The van der Waals surface area contributed by atoms with Crippen molar-refractivity contribution >= 4 is 17.1 Å². The van der Waals surface area contributed by atoms with E-state index >= 15 is 0 Å². The molecule has 3 rings (SSSR count). The summed E-state index contributed by atoms with van der Waals surface area (Å²) in [7, 11) is 3.22. The van der Waals surface area contributed by atoms with E-state index in [0.29, 0.717) is 23.5 Å². The third-order valence-electron chi connectivity index (χ3n) is 3.49. The number of anilines is 1. The molecule has 2 aromatic heterocycles. The molecule has 0 amide bonds. The summed E-state index contributed by atoms with van der Waals surface area (Å²) < 4.78 is 12.4. The van der Waals surface area contributed by atoms with Crippen LogP contribution in [-0.2, 0) is 4.74 Å². The average Bonchev–Trinajstić information content (AvgIpc) is 3.05. The van der Waals surface area contributed by atoms with Gasteiger partial charge in [0.25, 0.3) is 0 Å². The number of aliphatic hydroxyl groups is 2. The van der Waals surface area contributed by atoms with E-state index in [1.54, 1.807) is 17.8 Å². The molecule has 0 unspecified atom stereocenters. The van der Waals surface area contributed by atoms with Crippen LogP contribution in [0.15, 0.2) is 6.20 Å². The highest BCUT2D eigenvalue weighted by atomic mass is 16.5. The van der Waals surface area contributed by atoms with E-state index in [1.165, 1.54) is 7.11 Å². The molecule has 0 aromatic carbocycles. The summed E-state index contributed by atoms with van der Waals surface area (Å²) in [5.41, 5.74) is 1.13. The van der Waals surface area contributed by atoms with Crippen LogP contribution < -0.4 is 10.1 Å². The first-order chi connectivity index (χ1) is 10.2. The summed E-state index contributed by atoms with van der Waals surface area (Å²) in [5.74, 6) is 0.545. The second-order valence-electron chi connectivity index (χ2n) is 4.74. The third-order valence-corrected chi connectivity index (χ3v) is 3.49. The predicted octanol–water partition coefficient (Wildman–Crippen LogP) is -0.483. The van der Waals surface area contributed by atoms with Gasteiger partial charge in [0.1, 0.15) is 17.8 Å². The quantitative estimate of drug-likeness (QED) is 0.692. The summed E-state index contributed by atoms with van der Waals surface area (Å²) >= 11 is 0. The molecule has 3 atom stereocenters. The number of aromatic nitrogens is 4. The molecule has 0 saturated carbocycles. The zero-order valence-corrected chi connectivity index (χ0v) is 11.7. The van der Waals surface area contributed by atoms with Gasteiger partial charge < -0.3 is 25.0 Å². The Morgan fingerprint density at radius 2 is 2.33 bits per heavy atom. The number of rotatable bonds is 4. The Labute approximate surface area is 120 Å². The number of hydrogen-bond donors (Lipinski definition) is 3. The average molecular weight is 295 g/mol. The van der Waals surface area contributed by atoms with Crippen molar-refractivity contribution in [3.8, 4) is 6.01 Å². The molecule has 1 fully saturated rings. The smallest absolute Gasteiger partial charge is 0.318 e. The van der Waals surface area contributed by atoms with Crippen LogP contribution in [0.2, 0.25) is 0 Å². The molecule has 0 radical (unpaired) electrons. The number of ether oxygens (including phenoxy) is 2. The standard InChI is InChI=1S/C12H17N5O4/c1-13-11-15-6-4-14-12(20-2)16-10(6)17(11)9-3-7(19)8(5-18)21-9/h4,7-9,18-19H,3,5H2,1-2H3,(H,13,15)/t7-,8+,9+/m1/s1. The van der Waals surface area contributed by atoms with Gasteiger partial charge in [0.05, 0.1) is 26.0 Å². The lowest BCUT2D eigenvalue weighted by atomic mass is 10.2. The van der Waals surface area contributed by atoms with Crippen molar-refractivity contribution in [2.45, 2.75) is 24.9 Å². The maximum absolute atomic E-state index is 9.90. The van der Waals surface area contributed by atoms with E-state index in [0.717, 1.165) is 0 Å². The van der Waals surface area contributed by atoms with Gasteiger partial charge in [-0.2, -0.15) is 4.98 Å². The molecule has 1 aliphatic rings. The molecule has 0 spiro atoms. The van der Waals surface area contributed by atoms with E-state index < -0.39 is 18.4 Å². The molecule has 1 aliphatic heterocycles. The number of hydrogen-bond acceptors (Lipinski definition) is 8. The molecule has 114 valence electrons. The van der Waals surface area contributed by atoms with Gasteiger partial charge >= 0.3 is 6.01 Å². The summed E-state index contributed by atoms with van der Waals surface area (Å²) in [6.45, 7) is -0.239. The highest BCUT2D eigenvalue weighted by Gasteiger charge is 2.36. The van der Waals surface area contributed by atoms with Crippen molar-refractivity contribution in [1.82, 2.24) is 19.5 Å². The van der Waals surface area contributed by atoms with Crippen LogP contribution in [-0.4, -0.2) is 62.7 Å². The summed E-state index contributed by atoms with van der Waals surface area (Å²) in [4.78, 5) is 12.7. The predicted molar refractivity (Wildman–Crippen MR) is 73.0 cm³/mol. The maximum atomic E-state index is 9.90. The molecular weight excluding hydrogens is 278 g/mol. The van der Waals surface area contributed by atoms with Crippen LogP contribution in [0.4, 0.5) is 5.95 Å². The Morgan fingerprint density at radius 1 is 1.52 bits per heavy atom. The normalized spacial score (nSPS) is 25.4. The molecule has 0 bridgehead atoms. The number of aliphatic hydroxyl groups excluding tert-OH is 2. The van der Waals surface area contributed by atoms with Crippen molar-refractivity contribution in [3.63, 3.8) is 0 Å². The van der Waals surface area contributed by atoms with Gasteiger partial charge in [-0.1, -0.05) is 0 Å². The lowest BCUT2D eigenvalue weighted by Gasteiger charge is -2.16. The second kappa shape index (κ2) is 5.43. The van der Waals surface area contributed by atoms with Crippen LogP contribution in [0.5, 0.6) is 6.01 Å². The number of imidazole rings is 1. The lowest BCUT2D eigenvalue weighted by molar-refractivity contribution is -0.0425. The number of methoxy groups -OCH3 is 1. The zero-order chi connectivity index (χ0) is 15.0. The van der Waals surface area contributed by atoms with E-state index in [1.807, 2.05) is 0 Å². The Balaban J connectivity index is 2.07. The van der Waals surface area contributed by atoms with Gasteiger partial charge in [-0.15, -0.1) is 0 Å². The molecule has 1 saturated heterocycles. The first-order valence-corrected chi connectivity index (χ1v) is 6.59. The van der Waals surface area contributed by atoms with E-state index in [-0.39, 0.29) is 12.6 Å². The molecule has 2 aromatic rings. The molecule has 9 heteroatoms. The van der Waals surface area contributed by atoms with Gasteiger partial charge in [0.15, 0.2) is 5.65 Å². The van der Waals surface area contributed by atoms with E-state index in [2.05, 4.69) is 20.3 Å². The topological polar surface area (TPSA) is 115 Å². The Bertz CT molecular complexity index is 646. The van der Waals surface area contributed by atoms with Crippen molar-refractivity contribution < 1.29 is 19.7 Å². The largest absolute Gasteiger partial charge is 0.467 e. The molecule has 3 N–H and O–H groups in total. The zero-order valence-electron chi connectivity index (χ0n) is 11.7. The van der Waals surface area contributed by atoms with Gasteiger partial charge in [0.2, 0.25) is 5.95 Å². The summed E-state index contributed by atoms with van der Waals surface area (Å²) in [6, 6.07) is 0.226. The highest BCUT2D eigenvalue weighted by molar-refractivity contribution is 5.74. The first kappa shape index (κ1) is 14.0. The van der Waals surface area contributed by atoms with Gasteiger partial charge in [-0.3, -0.25) is 4.57 Å². The first-order valence-electron chi connectivity index (χ1n) is 6.59. The molecule has 0 aliphatic carbocycles.